The first kappa shape index (κ1) is 20.2. The number of methoxy groups -OCH3 is 1. The van der Waals surface area contributed by atoms with Crippen LogP contribution in [0, 0.1) is 0 Å². The van der Waals surface area contributed by atoms with Crippen LogP contribution in [0.3, 0.4) is 0 Å². The van der Waals surface area contributed by atoms with Crippen LogP contribution in [0.1, 0.15) is 22.3 Å². The maximum absolute atomic E-state index is 10.5. The van der Waals surface area contributed by atoms with Crippen molar-refractivity contribution >= 4 is 11.7 Å². The fraction of sp³-hybridized carbons (Fsp3) is 0.217. The molecule has 0 saturated heterocycles. The van der Waals surface area contributed by atoms with Crippen molar-refractivity contribution in [2.75, 3.05) is 26.1 Å². The average Bonchev–Trinajstić information content (AvgIpc) is 2.79. The second-order valence-corrected chi connectivity index (χ2v) is 6.45. The molecule has 1 aliphatic rings. The van der Waals surface area contributed by atoms with Gasteiger partial charge in [-0.15, -0.1) is 0 Å². The van der Waals surface area contributed by atoms with E-state index in [0.717, 1.165) is 42.1 Å². The first-order valence-electron chi connectivity index (χ1n) is 9.38. The van der Waals surface area contributed by atoms with Gasteiger partial charge in [-0.1, -0.05) is 30.3 Å². The van der Waals surface area contributed by atoms with Crippen molar-refractivity contribution < 1.29 is 19.4 Å². The fourth-order valence-corrected chi connectivity index (χ4v) is 3.17. The summed E-state index contributed by atoms with van der Waals surface area (Å²) in [5.74, 6) is 0.967. The van der Waals surface area contributed by atoms with Crippen LogP contribution in [-0.4, -0.2) is 36.8 Å². The summed E-state index contributed by atoms with van der Waals surface area (Å²) in [5.41, 5.74) is 4.33. The molecule has 2 heterocycles. The first-order valence-corrected chi connectivity index (χ1v) is 9.38. The number of carboxylic acids is 1. The van der Waals surface area contributed by atoms with Gasteiger partial charge in [-0.25, -0.2) is 4.79 Å². The Kier molecular flexibility index (Phi) is 6.68. The molecule has 1 aliphatic heterocycles. The van der Waals surface area contributed by atoms with Crippen molar-refractivity contribution in [3.05, 3.63) is 72.1 Å². The Morgan fingerprint density at radius 2 is 2.03 bits per heavy atom. The number of hydrogen-bond donors (Lipinski definition) is 2. The molecule has 6 nitrogen and oxygen atoms in total. The molecule has 0 fully saturated rings. The number of carbonyl (C=O) groups is 1. The summed E-state index contributed by atoms with van der Waals surface area (Å²) in [5, 5.41) is 11.4. The van der Waals surface area contributed by atoms with Crippen molar-refractivity contribution in [2.24, 2.45) is 0 Å². The van der Waals surface area contributed by atoms with Crippen LogP contribution in [0.5, 0.6) is 11.5 Å². The molecule has 0 aliphatic carbocycles. The summed E-state index contributed by atoms with van der Waals surface area (Å²) in [6.45, 7) is 0.822. The SMILES string of the molecule is CNc1cnccc1C(=O)O.COc1ccccc1-c1ccc2c(c1)OCCC2. The molecule has 150 valence electrons. The molecule has 0 bridgehead atoms. The molecule has 4 rings (SSSR count). The van der Waals surface area contributed by atoms with Gasteiger partial charge in [0.2, 0.25) is 0 Å². The van der Waals surface area contributed by atoms with Gasteiger partial charge in [-0.05, 0) is 42.2 Å². The number of aryl methyl sites for hydroxylation is 1. The summed E-state index contributed by atoms with van der Waals surface area (Å²) in [7, 11) is 3.36. The van der Waals surface area contributed by atoms with E-state index in [9.17, 15) is 4.79 Å². The van der Waals surface area contributed by atoms with Crippen LogP contribution >= 0.6 is 0 Å². The predicted octanol–water partition coefficient (Wildman–Crippen LogP) is 4.51. The number of aromatic carboxylic acids is 1. The zero-order valence-corrected chi connectivity index (χ0v) is 16.5. The third-order valence-electron chi connectivity index (χ3n) is 4.65. The van der Waals surface area contributed by atoms with Crippen molar-refractivity contribution in [2.45, 2.75) is 12.8 Å². The lowest BCUT2D eigenvalue weighted by Gasteiger charge is -2.18. The van der Waals surface area contributed by atoms with Crippen LogP contribution in [0.25, 0.3) is 11.1 Å². The number of ether oxygens (including phenoxy) is 2. The summed E-state index contributed by atoms with van der Waals surface area (Å²) >= 11 is 0. The van der Waals surface area contributed by atoms with Crippen LogP contribution in [-0.2, 0) is 6.42 Å². The van der Waals surface area contributed by atoms with E-state index < -0.39 is 5.97 Å². The maximum Gasteiger partial charge on any atom is 0.337 e. The maximum atomic E-state index is 10.5. The molecule has 2 aromatic carbocycles. The lowest BCUT2D eigenvalue weighted by atomic mass is 9.99. The van der Waals surface area contributed by atoms with Gasteiger partial charge in [0.25, 0.3) is 0 Å². The second kappa shape index (κ2) is 9.59. The Bertz CT molecular complexity index is 988. The van der Waals surface area contributed by atoms with Crippen LogP contribution in [0.2, 0.25) is 0 Å². The van der Waals surface area contributed by atoms with Crippen molar-refractivity contribution in [3.63, 3.8) is 0 Å². The quantitative estimate of drug-likeness (QED) is 0.680. The van der Waals surface area contributed by atoms with E-state index in [-0.39, 0.29) is 5.56 Å². The molecule has 3 aromatic rings. The Morgan fingerprint density at radius 1 is 1.21 bits per heavy atom. The van der Waals surface area contributed by atoms with Crippen molar-refractivity contribution in [1.29, 1.82) is 0 Å². The number of para-hydroxylation sites is 1. The van der Waals surface area contributed by atoms with Gasteiger partial charge in [0.05, 0.1) is 31.2 Å². The largest absolute Gasteiger partial charge is 0.496 e. The van der Waals surface area contributed by atoms with Crippen LogP contribution < -0.4 is 14.8 Å². The van der Waals surface area contributed by atoms with E-state index in [1.165, 1.54) is 24.0 Å². The molecule has 29 heavy (non-hydrogen) atoms. The third kappa shape index (κ3) is 4.85. The summed E-state index contributed by atoms with van der Waals surface area (Å²) in [6.07, 6.45) is 5.15. The molecular weight excluding hydrogens is 368 g/mol. The van der Waals surface area contributed by atoms with Gasteiger partial charge in [0, 0.05) is 18.8 Å². The molecule has 1 aromatic heterocycles. The summed E-state index contributed by atoms with van der Waals surface area (Å²) < 4.78 is 11.1. The van der Waals surface area contributed by atoms with Crippen LogP contribution in [0.4, 0.5) is 5.69 Å². The number of fused-ring (bicyclic) bond motifs is 1. The van der Waals surface area contributed by atoms with E-state index in [1.54, 1.807) is 14.2 Å². The number of anilines is 1. The highest BCUT2D eigenvalue weighted by Crippen LogP contribution is 2.34. The van der Waals surface area contributed by atoms with Crippen molar-refractivity contribution in [3.8, 4) is 22.6 Å². The third-order valence-corrected chi connectivity index (χ3v) is 4.65. The molecule has 2 N–H and O–H groups in total. The minimum Gasteiger partial charge on any atom is -0.496 e. The lowest BCUT2D eigenvalue weighted by Crippen LogP contribution is -2.08. The molecule has 0 spiro atoms. The number of hydrogen-bond acceptors (Lipinski definition) is 5. The smallest absolute Gasteiger partial charge is 0.337 e. The Hall–Kier alpha value is -3.54. The van der Waals surface area contributed by atoms with Gasteiger partial charge in [0.1, 0.15) is 11.5 Å². The fourth-order valence-electron chi connectivity index (χ4n) is 3.17. The van der Waals surface area contributed by atoms with E-state index in [4.69, 9.17) is 14.6 Å². The lowest BCUT2D eigenvalue weighted by molar-refractivity contribution is 0.0698. The van der Waals surface area contributed by atoms with Gasteiger partial charge >= 0.3 is 5.97 Å². The second-order valence-electron chi connectivity index (χ2n) is 6.45. The number of carboxylic acid groups (broad SMARTS) is 1. The number of rotatable bonds is 4. The summed E-state index contributed by atoms with van der Waals surface area (Å²) in [6, 6.07) is 15.9. The molecule has 0 saturated carbocycles. The van der Waals surface area contributed by atoms with Gasteiger partial charge in [0.15, 0.2) is 0 Å². The molecular formula is C23H24N2O4. The first-order chi connectivity index (χ1) is 14.1. The highest BCUT2D eigenvalue weighted by atomic mass is 16.5. The van der Waals surface area contributed by atoms with Crippen LogP contribution in [0.15, 0.2) is 60.9 Å². The molecule has 0 atom stereocenters. The zero-order valence-electron chi connectivity index (χ0n) is 16.5. The molecule has 6 heteroatoms. The minimum atomic E-state index is -0.947. The number of nitrogens with one attached hydrogen (secondary N) is 1. The number of nitrogens with zero attached hydrogens (tertiary/aromatic N) is 1. The molecule has 0 amide bonds. The van der Waals surface area contributed by atoms with Gasteiger partial charge in [-0.2, -0.15) is 0 Å². The monoisotopic (exact) mass is 392 g/mol. The number of pyridine rings is 1. The average molecular weight is 392 g/mol. The highest BCUT2D eigenvalue weighted by molar-refractivity contribution is 5.93. The highest BCUT2D eigenvalue weighted by Gasteiger charge is 2.12. The molecule has 0 unspecified atom stereocenters. The number of aromatic nitrogens is 1. The Balaban J connectivity index is 0.000000188. The summed E-state index contributed by atoms with van der Waals surface area (Å²) in [4.78, 5) is 14.3. The zero-order chi connectivity index (χ0) is 20.6. The predicted molar refractivity (Wildman–Crippen MR) is 113 cm³/mol. The number of benzene rings is 2. The van der Waals surface area contributed by atoms with E-state index >= 15 is 0 Å². The van der Waals surface area contributed by atoms with E-state index in [0.29, 0.717) is 5.69 Å². The standard InChI is InChI=1S/C16H16O2.C7H8N2O2/c1-17-15-7-3-2-6-14(15)13-9-8-12-5-4-10-18-16(12)11-13;1-8-6-4-9-3-2-5(6)7(10)11/h2-3,6-9,11H,4-5,10H2,1H3;2-4,8H,1H3,(H,10,11). The van der Waals surface area contributed by atoms with Crippen molar-refractivity contribution in [1.82, 2.24) is 4.98 Å². The Labute approximate surface area is 170 Å². The van der Waals surface area contributed by atoms with E-state index in [1.807, 2.05) is 18.2 Å². The molecule has 0 radical (unpaired) electrons. The van der Waals surface area contributed by atoms with E-state index in [2.05, 4.69) is 34.6 Å². The Morgan fingerprint density at radius 3 is 2.76 bits per heavy atom. The normalized spacial score (nSPS) is 11.9. The van der Waals surface area contributed by atoms with Gasteiger partial charge in [-0.3, -0.25) is 4.98 Å². The van der Waals surface area contributed by atoms with Gasteiger partial charge < -0.3 is 19.9 Å². The minimum absolute atomic E-state index is 0.238. The topological polar surface area (TPSA) is 80.7 Å².